The van der Waals surface area contributed by atoms with Crippen LogP contribution < -0.4 is 4.74 Å². The van der Waals surface area contributed by atoms with Crippen LogP contribution in [-0.2, 0) is 0 Å². The third-order valence-corrected chi connectivity index (χ3v) is 5.03. The van der Waals surface area contributed by atoms with Crippen LogP contribution in [0.3, 0.4) is 0 Å². The Morgan fingerprint density at radius 1 is 1.21 bits per heavy atom. The number of hydrogen-bond donors (Lipinski definition) is 0. The van der Waals surface area contributed by atoms with Crippen LogP contribution >= 0.6 is 57.9 Å². The fraction of sp³-hybridized carbons (Fsp3) is 0.250. The Hall–Kier alpha value is -0.130. The first-order chi connectivity index (χ1) is 8.89. The number of thioether (sulfide) groups is 1. The van der Waals surface area contributed by atoms with Crippen LogP contribution in [-0.4, -0.2) is 15.2 Å². The monoisotopic (exact) mass is 353 g/mol. The maximum atomic E-state index is 5.76. The molecule has 0 amide bonds. The van der Waals surface area contributed by atoms with E-state index in [2.05, 4.69) is 4.98 Å². The molecule has 0 saturated heterocycles. The summed E-state index contributed by atoms with van der Waals surface area (Å²) in [4.78, 5) is 5.48. The highest BCUT2D eigenvalue weighted by Crippen LogP contribution is 2.46. The second-order valence-corrected chi connectivity index (χ2v) is 9.08. The van der Waals surface area contributed by atoms with E-state index in [0.717, 1.165) is 38.0 Å². The topological polar surface area (TPSA) is 22.1 Å². The Morgan fingerprint density at radius 2 is 1.84 bits per heavy atom. The van der Waals surface area contributed by atoms with E-state index in [4.69, 9.17) is 39.5 Å². The van der Waals surface area contributed by atoms with Crippen molar-refractivity contribution < 1.29 is 4.74 Å². The second-order valence-electron chi connectivity index (χ2n) is 3.67. The van der Waals surface area contributed by atoms with Gasteiger partial charge < -0.3 is 4.74 Å². The summed E-state index contributed by atoms with van der Waals surface area (Å²) in [7, 11) is 1.64. The van der Waals surface area contributed by atoms with Gasteiger partial charge in [-0.05, 0) is 48.5 Å². The zero-order valence-electron chi connectivity index (χ0n) is 10.1. The number of alkyl halides is 3. The van der Waals surface area contributed by atoms with Gasteiger partial charge in [0.05, 0.1) is 17.7 Å². The van der Waals surface area contributed by atoms with Crippen LogP contribution in [0.15, 0.2) is 28.6 Å². The van der Waals surface area contributed by atoms with E-state index in [-0.39, 0.29) is 0 Å². The van der Waals surface area contributed by atoms with E-state index in [1.807, 2.05) is 31.2 Å². The molecule has 1 aromatic heterocycles. The summed E-state index contributed by atoms with van der Waals surface area (Å²) in [6, 6.07) is 7.80. The highest BCUT2D eigenvalue weighted by molar-refractivity contribution is 8.06. The van der Waals surface area contributed by atoms with E-state index in [0.29, 0.717) is 0 Å². The number of halogens is 3. The molecule has 0 spiro atoms. The highest BCUT2D eigenvalue weighted by Gasteiger charge is 2.24. The Bertz CT molecular complexity index is 563. The number of rotatable bonds is 3. The highest BCUT2D eigenvalue weighted by atomic mass is 35.6. The fourth-order valence-electron chi connectivity index (χ4n) is 1.52. The van der Waals surface area contributed by atoms with E-state index < -0.39 is 3.12 Å². The van der Waals surface area contributed by atoms with E-state index in [1.165, 1.54) is 11.3 Å². The number of ether oxygens (including phenoxy) is 1. The molecule has 0 unspecified atom stereocenters. The summed E-state index contributed by atoms with van der Waals surface area (Å²) in [5, 5.41) is 0. The normalized spacial score (nSPS) is 11.6. The molecule has 0 radical (unpaired) electrons. The van der Waals surface area contributed by atoms with Crippen LogP contribution in [0.25, 0.3) is 10.4 Å². The lowest BCUT2D eigenvalue weighted by molar-refractivity contribution is 0.415. The molecule has 0 aliphatic rings. The molecule has 1 heterocycles. The number of hydrogen-bond acceptors (Lipinski definition) is 4. The minimum Gasteiger partial charge on any atom is -0.497 e. The molecule has 0 atom stereocenters. The summed E-state index contributed by atoms with van der Waals surface area (Å²) >= 11 is 19.9. The van der Waals surface area contributed by atoms with Gasteiger partial charge in [0.15, 0.2) is 4.34 Å². The lowest BCUT2D eigenvalue weighted by Crippen LogP contribution is -1.92. The fourth-order valence-corrected chi connectivity index (χ4v) is 4.57. The van der Waals surface area contributed by atoms with Crippen molar-refractivity contribution >= 4 is 57.9 Å². The Kier molecular flexibility index (Phi) is 4.90. The van der Waals surface area contributed by atoms with Crippen molar-refractivity contribution in [3.63, 3.8) is 0 Å². The first-order valence-electron chi connectivity index (χ1n) is 5.26. The average Bonchev–Trinajstić information content (AvgIpc) is 2.68. The number of nitrogens with zero attached hydrogens (tertiary/aromatic N) is 1. The van der Waals surface area contributed by atoms with Crippen molar-refractivity contribution in [1.29, 1.82) is 0 Å². The Labute approximate surface area is 135 Å². The molecule has 0 N–H and O–H groups in total. The van der Waals surface area contributed by atoms with Crippen molar-refractivity contribution in [1.82, 2.24) is 4.98 Å². The molecule has 0 aliphatic heterocycles. The van der Waals surface area contributed by atoms with Crippen molar-refractivity contribution in [3.05, 3.63) is 30.0 Å². The molecule has 2 rings (SSSR count). The number of methoxy groups -OCH3 is 1. The van der Waals surface area contributed by atoms with Gasteiger partial charge in [-0.2, -0.15) is 0 Å². The van der Waals surface area contributed by atoms with Gasteiger partial charge in [0.25, 0.3) is 0 Å². The quantitative estimate of drug-likeness (QED) is 0.533. The largest absolute Gasteiger partial charge is 0.497 e. The number of aromatic nitrogens is 1. The van der Waals surface area contributed by atoms with Gasteiger partial charge in [0.2, 0.25) is 3.12 Å². The third-order valence-electron chi connectivity index (χ3n) is 2.33. The van der Waals surface area contributed by atoms with Crippen molar-refractivity contribution in [2.24, 2.45) is 0 Å². The van der Waals surface area contributed by atoms with Crippen LogP contribution in [0.2, 0.25) is 0 Å². The molecule has 102 valence electrons. The van der Waals surface area contributed by atoms with Gasteiger partial charge in [-0.15, -0.1) is 11.3 Å². The first-order valence-corrected chi connectivity index (χ1v) is 8.03. The number of aryl methyl sites for hydroxylation is 1. The Morgan fingerprint density at radius 3 is 2.37 bits per heavy atom. The predicted octanol–water partition coefficient (Wildman–Crippen LogP) is 5.55. The van der Waals surface area contributed by atoms with E-state index in [1.54, 1.807) is 7.11 Å². The second kappa shape index (κ2) is 6.10. The lowest BCUT2D eigenvalue weighted by Gasteiger charge is -2.05. The smallest absolute Gasteiger partial charge is 0.244 e. The predicted molar refractivity (Wildman–Crippen MR) is 85.0 cm³/mol. The summed E-state index contributed by atoms with van der Waals surface area (Å²) in [6.45, 7) is 1.94. The number of thiazole rings is 1. The van der Waals surface area contributed by atoms with Crippen molar-refractivity contribution in [2.75, 3.05) is 7.11 Å². The molecule has 19 heavy (non-hydrogen) atoms. The van der Waals surface area contributed by atoms with E-state index >= 15 is 0 Å². The van der Waals surface area contributed by atoms with Crippen LogP contribution in [0.1, 0.15) is 5.69 Å². The van der Waals surface area contributed by atoms with Crippen LogP contribution in [0, 0.1) is 6.92 Å². The Balaban J connectivity index is 2.29. The van der Waals surface area contributed by atoms with Crippen molar-refractivity contribution in [3.8, 4) is 16.2 Å². The van der Waals surface area contributed by atoms with Crippen LogP contribution in [0.4, 0.5) is 0 Å². The van der Waals surface area contributed by atoms with Gasteiger partial charge >= 0.3 is 0 Å². The third kappa shape index (κ3) is 4.17. The molecular formula is C12H10Cl3NOS2. The molecule has 0 saturated carbocycles. The summed E-state index contributed by atoms with van der Waals surface area (Å²) in [6.07, 6.45) is 0. The zero-order chi connectivity index (χ0) is 14.0. The standard InChI is InChI=1S/C12H10Cl3NOS2/c1-7-10(8-3-5-9(17-2)6-4-8)18-11(16-7)19-12(13,14)15/h3-6H,1-2H3. The molecular weight excluding hydrogens is 345 g/mol. The summed E-state index contributed by atoms with van der Waals surface area (Å²) in [5.41, 5.74) is 2.00. The van der Waals surface area contributed by atoms with Crippen LogP contribution in [0.5, 0.6) is 5.75 Å². The van der Waals surface area contributed by atoms with Gasteiger partial charge in [0, 0.05) is 0 Å². The minimum absolute atomic E-state index is 0.739. The molecule has 2 aromatic rings. The summed E-state index contributed by atoms with van der Waals surface area (Å²) in [5.74, 6) is 0.821. The SMILES string of the molecule is COc1ccc(-c2sc(SC(Cl)(Cl)Cl)nc2C)cc1. The molecule has 7 heteroatoms. The molecule has 1 aromatic carbocycles. The van der Waals surface area contributed by atoms with E-state index in [9.17, 15) is 0 Å². The average molecular weight is 355 g/mol. The molecule has 0 fully saturated rings. The molecule has 0 aliphatic carbocycles. The van der Waals surface area contributed by atoms with Crippen molar-refractivity contribution in [2.45, 2.75) is 14.4 Å². The maximum Gasteiger partial charge on any atom is 0.244 e. The van der Waals surface area contributed by atoms with Gasteiger partial charge in [-0.3, -0.25) is 0 Å². The summed E-state index contributed by atoms with van der Waals surface area (Å²) < 4.78 is 4.49. The molecule has 0 bridgehead atoms. The van der Waals surface area contributed by atoms with Gasteiger partial charge in [-0.25, -0.2) is 4.98 Å². The molecule has 2 nitrogen and oxygen atoms in total. The lowest BCUT2D eigenvalue weighted by atomic mass is 10.1. The maximum absolute atomic E-state index is 5.76. The van der Waals surface area contributed by atoms with Gasteiger partial charge in [-0.1, -0.05) is 34.8 Å². The zero-order valence-corrected chi connectivity index (χ0v) is 14.0. The first kappa shape index (κ1) is 15.3. The minimum atomic E-state index is -1.39. The van der Waals surface area contributed by atoms with Gasteiger partial charge in [0.1, 0.15) is 5.75 Å². The number of benzene rings is 1.